The molecule has 1 saturated heterocycles. The van der Waals surface area contributed by atoms with Crippen LogP contribution in [0.3, 0.4) is 0 Å². The summed E-state index contributed by atoms with van der Waals surface area (Å²) in [5.74, 6) is 1.32. The first-order chi connectivity index (χ1) is 21.9. The number of pyridine rings is 1. The molecule has 1 amide bonds. The Morgan fingerprint density at radius 3 is 2.02 bits per heavy atom. The Hall–Kier alpha value is -5.43. The van der Waals surface area contributed by atoms with Crippen molar-refractivity contribution in [1.29, 1.82) is 5.41 Å². The van der Waals surface area contributed by atoms with Crippen LogP contribution in [-0.2, 0) is 10.3 Å². The second-order valence-corrected chi connectivity index (χ2v) is 11.4. The van der Waals surface area contributed by atoms with E-state index >= 15 is 0 Å². The van der Waals surface area contributed by atoms with E-state index in [-0.39, 0.29) is 18.6 Å². The van der Waals surface area contributed by atoms with Crippen molar-refractivity contribution in [2.75, 3.05) is 29.9 Å². The molecule has 45 heavy (non-hydrogen) atoms. The number of nitrogens with one attached hydrogen (secondary N) is 3. The minimum Gasteiger partial charge on any atom is -0.491 e. The molecule has 0 atom stereocenters. The topological polar surface area (TPSA) is 90.3 Å². The van der Waals surface area contributed by atoms with Gasteiger partial charge in [0.15, 0.2) is 0 Å². The summed E-state index contributed by atoms with van der Waals surface area (Å²) in [4.78, 5) is 18.6. The van der Waals surface area contributed by atoms with Gasteiger partial charge in [-0.25, -0.2) is 4.98 Å². The van der Waals surface area contributed by atoms with Crippen LogP contribution in [0.15, 0.2) is 128 Å². The molecule has 0 aliphatic carbocycles. The van der Waals surface area contributed by atoms with Crippen molar-refractivity contribution in [3.8, 4) is 5.75 Å². The molecule has 3 N–H and O–H groups in total. The van der Waals surface area contributed by atoms with Gasteiger partial charge in [-0.1, -0.05) is 91.0 Å². The Morgan fingerprint density at radius 2 is 1.47 bits per heavy atom. The van der Waals surface area contributed by atoms with E-state index in [0.29, 0.717) is 41.5 Å². The fraction of sp³-hybridized carbons (Fsp3) is 0.184. The van der Waals surface area contributed by atoms with Gasteiger partial charge in [0, 0.05) is 36.1 Å². The van der Waals surface area contributed by atoms with Crippen LogP contribution in [-0.4, -0.2) is 42.3 Å². The zero-order valence-electron chi connectivity index (χ0n) is 25.5. The number of piperazine rings is 1. The van der Waals surface area contributed by atoms with Crippen LogP contribution in [0.4, 0.5) is 11.5 Å². The Kier molecular flexibility index (Phi) is 8.60. The summed E-state index contributed by atoms with van der Waals surface area (Å²) in [6.07, 6.45) is 1.68. The standard InChI is InChI=1S/C38H37N5O2/c1-27(2)45-32-18-19-34(33(25-32)37(39)28-20-21-40-35(24-28)43-23-22-41-36(44)26-43)42-38(29-12-6-3-7-13-29,30-14-8-4-9-15-30)31-16-10-5-11-17-31/h3-21,24-25,27,39,42H,22-23,26H2,1-2H3,(H,41,44). The van der Waals surface area contributed by atoms with Crippen molar-refractivity contribution in [3.63, 3.8) is 0 Å². The first-order valence-electron chi connectivity index (χ1n) is 15.3. The van der Waals surface area contributed by atoms with Gasteiger partial charge in [0.05, 0.1) is 18.4 Å². The zero-order chi connectivity index (χ0) is 31.2. The van der Waals surface area contributed by atoms with Gasteiger partial charge in [0.2, 0.25) is 5.91 Å². The van der Waals surface area contributed by atoms with Gasteiger partial charge in [0.25, 0.3) is 0 Å². The number of anilines is 2. The Morgan fingerprint density at radius 1 is 0.867 bits per heavy atom. The lowest BCUT2D eigenvalue weighted by atomic mass is 9.76. The van der Waals surface area contributed by atoms with Gasteiger partial charge in [-0.3, -0.25) is 10.2 Å². The number of carbonyl (C=O) groups excluding carboxylic acids is 1. The number of nitrogens with zero attached hydrogens (tertiary/aromatic N) is 2. The second kappa shape index (κ2) is 13.1. The smallest absolute Gasteiger partial charge is 0.239 e. The van der Waals surface area contributed by atoms with E-state index in [4.69, 9.17) is 4.74 Å². The van der Waals surface area contributed by atoms with Crippen molar-refractivity contribution in [1.82, 2.24) is 10.3 Å². The summed E-state index contributed by atoms with van der Waals surface area (Å²) < 4.78 is 6.12. The lowest BCUT2D eigenvalue weighted by Crippen LogP contribution is -2.48. The number of rotatable bonds is 10. The average molecular weight is 596 g/mol. The molecule has 0 unspecified atom stereocenters. The highest BCUT2D eigenvalue weighted by Gasteiger charge is 2.37. The molecule has 0 saturated carbocycles. The van der Waals surface area contributed by atoms with Crippen LogP contribution in [0, 0.1) is 5.41 Å². The fourth-order valence-electron chi connectivity index (χ4n) is 5.90. The van der Waals surface area contributed by atoms with Crippen LogP contribution < -0.4 is 20.3 Å². The quantitative estimate of drug-likeness (QED) is 0.125. The number of aromatic nitrogens is 1. The molecular weight excluding hydrogens is 558 g/mol. The van der Waals surface area contributed by atoms with Gasteiger partial charge >= 0.3 is 0 Å². The van der Waals surface area contributed by atoms with Gasteiger partial charge in [-0.2, -0.15) is 0 Å². The molecule has 7 heteroatoms. The third-order valence-corrected chi connectivity index (χ3v) is 7.97. The summed E-state index contributed by atoms with van der Waals surface area (Å²) in [5, 5.41) is 16.4. The SMILES string of the molecule is CC(C)Oc1ccc(NC(c2ccccc2)(c2ccccc2)c2ccccc2)c(C(=N)c2ccnc(N3CCNC(=O)C3)c2)c1. The van der Waals surface area contributed by atoms with Gasteiger partial charge in [-0.05, 0) is 60.9 Å². The maximum atomic E-state index is 12.1. The summed E-state index contributed by atoms with van der Waals surface area (Å²) in [6.45, 7) is 5.44. The van der Waals surface area contributed by atoms with Crippen molar-refractivity contribution in [2.45, 2.75) is 25.5 Å². The van der Waals surface area contributed by atoms with E-state index in [1.54, 1.807) is 6.20 Å². The van der Waals surface area contributed by atoms with Crippen LogP contribution >= 0.6 is 0 Å². The molecule has 5 aromatic rings. The fourth-order valence-corrected chi connectivity index (χ4v) is 5.90. The predicted molar refractivity (Wildman–Crippen MR) is 180 cm³/mol. The lowest BCUT2D eigenvalue weighted by Gasteiger charge is -2.38. The highest BCUT2D eigenvalue weighted by atomic mass is 16.5. The predicted octanol–water partition coefficient (Wildman–Crippen LogP) is 6.63. The lowest BCUT2D eigenvalue weighted by molar-refractivity contribution is -0.120. The summed E-state index contributed by atoms with van der Waals surface area (Å²) in [5.41, 5.74) is 4.91. The normalized spacial score (nSPS) is 13.3. The molecule has 1 fully saturated rings. The van der Waals surface area contributed by atoms with Crippen LogP contribution in [0.1, 0.15) is 41.7 Å². The Balaban J connectivity index is 1.51. The molecular formula is C38H37N5O2. The van der Waals surface area contributed by atoms with Crippen LogP contribution in [0.5, 0.6) is 5.75 Å². The van der Waals surface area contributed by atoms with E-state index in [0.717, 1.165) is 22.4 Å². The molecule has 0 radical (unpaired) electrons. The summed E-state index contributed by atoms with van der Waals surface area (Å²) in [7, 11) is 0. The van der Waals surface area contributed by atoms with Gasteiger partial charge in [-0.15, -0.1) is 0 Å². The third kappa shape index (κ3) is 6.29. The highest BCUT2D eigenvalue weighted by molar-refractivity contribution is 6.14. The average Bonchev–Trinajstić information content (AvgIpc) is 3.08. The number of amides is 1. The Bertz CT molecular complexity index is 1680. The molecule has 6 rings (SSSR count). The van der Waals surface area contributed by atoms with Crippen molar-refractivity contribution in [3.05, 3.63) is 155 Å². The summed E-state index contributed by atoms with van der Waals surface area (Å²) >= 11 is 0. The third-order valence-electron chi connectivity index (χ3n) is 7.97. The first kappa shape index (κ1) is 29.6. The highest BCUT2D eigenvalue weighted by Crippen LogP contribution is 2.41. The molecule has 1 aliphatic rings. The molecule has 0 bridgehead atoms. The van der Waals surface area contributed by atoms with Crippen molar-refractivity contribution in [2.24, 2.45) is 0 Å². The van der Waals surface area contributed by atoms with E-state index in [1.165, 1.54) is 0 Å². The molecule has 7 nitrogen and oxygen atoms in total. The van der Waals surface area contributed by atoms with Crippen molar-refractivity contribution < 1.29 is 9.53 Å². The van der Waals surface area contributed by atoms with E-state index in [1.807, 2.05) is 67.3 Å². The van der Waals surface area contributed by atoms with E-state index in [2.05, 4.69) is 88.4 Å². The molecule has 1 aromatic heterocycles. The van der Waals surface area contributed by atoms with Crippen molar-refractivity contribution >= 4 is 23.1 Å². The number of hydrogen-bond acceptors (Lipinski definition) is 6. The van der Waals surface area contributed by atoms with Crippen LogP contribution in [0.25, 0.3) is 0 Å². The molecule has 4 aromatic carbocycles. The number of ether oxygens (including phenoxy) is 1. The largest absolute Gasteiger partial charge is 0.491 e. The zero-order valence-corrected chi connectivity index (χ0v) is 25.5. The first-order valence-corrected chi connectivity index (χ1v) is 15.3. The Labute approximate surface area is 264 Å². The van der Waals surface area contributed by atoms with Gasteiger partial charge in [0.1, 0.15) is 17.1 Å². The minimum absolute atomic E-state index is 0.0272. The summed E-state index contributed by atoms with van der Waals surface area (Å²) in [6, 6.07) is 40.8. The maximum absolute atomic E-state index is 12.1. The van der Waals surface area contributed by atoms with Crippen LogP contribution in [0.2, 0.25) is 0 Å². The monoisotopic (exact) mass is 595 g/mol. The van der Waals surface area contributed by atoms with Gasteiger partial charge < -0.3 is 20.3 Å². The molecule has 2 heterocycles. The molecule has 226 valence electrons. The number of hydrogen-bond donors (Lipinski definition) is 3. The molecule has 0 spiro atoms. The number of carbonyl (C=O) groups is 1. The van der Waals surface area contributed by atoms with E-state index < -0.39 is 5.54 Å². The maximum Gasteiger partial charge on any atom is 0.239 e. The van der Waals surface area contributed by atoms with E-state index in [9.17, 15) is 10.2 Å². The number of benzene rings is 4. The minimum atomic E-state index is -0.774. The molecule has 1 aliphatic heterocycles. The second-order valence-electron chi connectivity index (χ2n) is 11.4.